The molecule has 6 aromatic rings. The third kappa shape index (κ3) is 13.0. The van der Waals surface area contributed by atoms with E-state index in [9.17, 15) is 0 Å². The van der Waals surface area contributed by atoms with Gasteiger partial charge in [0.1, 0.15) is 0 Å². The van der Waals surface area contributed by atoms with Crippen LogP contribution in [0, 0.1) is 5.34 Å². The van der Waals surface area contributed by atoms with Gasteiger partial charge in [-0.3, -0.25) is 0 Å². The Kier molecular flexibility index (Phi) is 20.5. The molecule has 0 saturated carbocycles. The van der Waals surface area contributed by atoms with Crippen molar-refractivity contribution in [2.24, 2.45) is 0 Å². The molecule has 0 fully saturated rings. The molecule has 0 saturated heterocycles. The van der Waals surface area contributed by atoms with Crippen molar-refractivity contribution in [3.8, 4) is 0 Å². The molecular weight excluding hydrogens is 786 g/mol. The number of benzene rings is 4. The molecule has 43 heavy (non-hydrogen) atoms. The Labute approximate surface area is 295 Å². The fraction of sp³-hybridized carbons (Fsp3) is 0. The van der Waals surface area contributed by atoms with Gasteiger partial charge < -0.3 is 23.2 Å². The zero-order valence-corrected chi connectivity index (χ0v) is 30.3. The van der Waals surface area contributed by atoms with Crippen molar-refractivity contribution in [1.29, 1.82) is 0 Å². The number of halogens is 4. The maximum Gasteiger partial charge on any atom is 2.00 e. The molecule has 0 bridgehead atoms. The summed E-state index contributed by atoms with van der Waals surface area (Å²) in [6.45, 7) is 0. The van der Waals surface area contributed by atoms with Crippen LogP contribution in [0.1, 0.15) is 0 Å². The first kappa shape index (κ1) is 38.0. The summed E-state index contributed by atoms with van der Waals surface area (Å²) in [5.74, 6) is 0. The number of hydrogen-bond donors (Lipinski definition) is 0. The normalized spacial score (nSPS) is 9.91. The van der Waals surface area contributed by atoms with Crippen LogP contribution in [-0.2, 0) is 33.0 Å². The first-order valence-electron chi connectivity index (χ1n) is 12.8. The largest absolute Gasteiger partial charge is 2.00 e. The van der Waals surface area contributed by atoms with Crippen molar-refractivity contribution in [2.45, 2.75) is 0 Å². The second kappa shape index (κ2) is 23.2. The summed E-state index contributed by atoms with van der Waals surface area (Å²) in [6, 6.07) is 60.5. The Balaban J connectivity index is 0.000000249. The van der Waals surface area contributed by atoms with Gasteiger partial charge in [-0.15, -0.1) is 0 Å². The second-order valence-electron chi connectivity index (χ2n) is 8.43. The van der Waals surface area contributed by atoms with Gasteiger partial charge in [0.25, 0.3) is 0 Å². The van der Waals surface area contributed by atoms with Gasteiger partial charge in [0.2, 0.25) is 0 Å². The van der Waals surface area contributed by atoms with Crippen molar-refractivity contribution in [3.63, 3.8) is 0 Å². The van der Waals surface area contributed by atoms with Crippen LogP contribution in [0.25, 0.3) is 0 Å². The van der Waals surface area contributed by atoms with Gasteiger partial charge in [-0.25, -0.2) is 12.1 Å². The molecule has 0 unspecified atom stereocenters. The summed E-state index contributed by atoms with van der Waals surface area (Å²) < 4.78 is 0. The summed E-state index contributed by atoms with van der Waals surface area (Å²) in [5, 5.41) is 9.41. The Morgan fingerprint density at radius 3 is 0.860 bits per heavy atom. The number of rotatable bonds is 6. The average molecular weight is 816 g/mol. The van der Waals surface area contributed by atoms with E-state index >= 15 is 0 Å². The van der Waals surface area contributed by atoms with Crippen molar-refractivity contribution in [1.82, 2.24) is 0 Å². The molecule has 8 heteroatoms. The molecule has 0 nitrogen and oxygen atoms in total. The molecule has 0 aliphatic rings. The van der Waals surface area contributed by atoms with Crippen LogP contribution in [0.3, 0.4) is 0 Å². The van der Waals surface area contributed by atoms with E-state index in [1.54, 1.807) is 0 Å². The molecule has 0 aromatic heterocycles. The summed E-state index contributed by atoms with van der Waals surface area (Å²) >= 11 is 9.17. The third-order valence-electron chi connectivity index (χ3n) is 5.86. The van der Waals surface area contributed by atoms with Crippen LogP contribution in [0.4, 0.5) is 0 Å². The minimum atomic E-state index is -0.409. The molecule has 0 aliphatic carbocycles. The SMILES string of the molecule is Cl[CH-]Cl.[Cl][Pd][Cl].[Fe+2].c1ccc(P(c2ccccc2)c2cc[cH-]c2)cc1.c1ccc(P(c2ccccc2)c2cc[cH-]c2)cc1. The molecular formula is C35H29Cl4FeP2Pd-. The van der Waals surface area contributed by atoms with Crippen LogP contribution < -0.4 is 31.8 Å². The Morgan fingerprint density at radius 2 is 0.674 bits per heavy atom. The van der Waals surface area contributed by atoms with E-state index in [2.05, 4.69) is 193 Å². The van der Waals surface area contributed by atoms with Crippen LogP contribution in [-0.4, -0.2) is 0 Å². The maximum atomic E-state index is 4.81. The van der Waals surface area contributed by atoms with Crippen LogP contribution >= 0.6 is 58.1 Å². The van der Waals surface area contributed by atoms with Gasteiger partial charge in [0, 0.05) is 0 Å². The van der Waals surface area contributed by atoms with Crippen LogP contribution in [0.2, 0.25) is 0 Å². The van der Waals surface area contributed by atoms with Gasteiger partial charge in [0.05, 0.1) is 0 Å². The predicted molar refractivity (Wildman–Crippen MR) is 189 cm³/mol. The molecule has 6 aromatic carbocycles. The molecule has 0 heterocycles. The first-order chi connectivity index (χ1) is 20.7. The first-order valence-corrected chi connectivity index (χ1v) is 20.4. The second-order valence-corrected chi connectivity index (χ2v) is 15.9. The molecule has 0 amide bonds. The summed E-state index contributed by atoms with van der Waals surface area (Å²) in [7, 11) is 8.81. The summed E-state index contributed by atoms with van der Waals surface area (Å²) in [4.78, 5) is 0. The molecule has 0 aliphatic heterocycles. The standard InChI is InChI=1S/2C17H14P.CHCl2.2ClH.Fe.Pd/c2*1-3-9-15(10-4-1)18(17-13-7-8-14-17)16-11-5-2-6-12-16;2-1-3;;;;/h2*1-14H;1H;2*1H;;/q3*-1;;;2*+2/p-2. The van der Waals surface area contributed by atoms with Crippen molar-refractivity contribution < 1.29 is 33.0 Å². The Hall–Kier alpha value is -1.22. The van der Waals surface area contributed by atoms with E-state index in [0.717, 1.165) is 5.34 Å². The van der Waals surface area contributed by atoms with E-state index in [1.807, 2.05) is 0 Å². The predicted octanol–water partition coefficient (Wildman–Crippen LogP) is 9.28. The summed E-state index contributed by atoms with van der Waals surface area (Å²) in [6.07, 6.45) is 0. The van der Waals surface area contributed by atoms with Gasteiger partial charge >= 0.3 is 52.1 Å². The monoisotopic (exact) mass is 813 g/mol. The molecule has 0 radical (unpaired) electrons. The molecule has 0 N–H and O–H groups in total. The Morgan fingerprint density at radius 1 is 0.442 bits per heavy atom. The molecule has 0 spiro atoms. The van der Waals surface area contributed by atoms with Gasteiger partial charge in [0.15, 0.2) is 0 Å². The van der Waals surface area contributed by atoms with E-state index in [4.69, 9.17) is 19.1 Å². The fourth-order valence-corrected chi connectivity index (χ4v) is 8.84. The van der Waals surface area contributed by atoms with Crippen molar-refractivity contribution >= 4 is 89.9 Å². The van der Waals surface area contributed by atoms with Gasteiger partial charge in [-0.1, -0.05) is 137 Å². The number of hydrogen-bond acceptors (Lipinski definition) is 0. The minimum absolute atomic E-state index is 0. The van der Waals surface area contributed by atoms with Crippen molar-refractivity contribution in [3.05, 3.63) is 175 Å². The van der Waals surface area contributed by atoms with E-state index in [0.29, 0.717) is 0 Å². The van der Waals surface area contributed by atoms with Crippen LogP contribution in [0.5, 0.6) is 0 Å². The molecule has 226 valence electrons. The molecule has 6 rings (SSSR count). The maximum absolute atomic E-state index is 4.81. The van der Waals surface area contributed by atoms with E-state index < -0.39 is 15.8 Å². The minimum Gasteiger partial charge on any atom is -0.206 e. The average Bonchev–Trinajstić information content (AvgIpc) is 3.77. The third-order valence-corrected chi connectivity index (χ3v) is 10.8. The Bertz CT molecular complexity index is 1260. The topological polar surface area (TPSA) is 0 Å². The zero-order chi connectivity index (χ0) is 29.8. The van der Waals surface area contributed by atoms with Gasteiger partial charge in [-0.2, -0.15) is 52.3 Å². The quantitative estimate of drug-likeness (QED) is 0.0894. The van der Waals surface area contributed by atoms with Crippen LogP contribution in [0.15, 0.2) is 170 Å². The van der Waals surface area contributed by atoms with Gasteiger partial charge in [-0.05, 0) is 21.2 Å². The zero-order valence-electron chi connectivity index (χ0n) is 22.8. The smallest absolute Gasteiger partial charge is 0.206 e. The van der Waals surface area contributed by atoms with E-state index in [-0.39, 0.29) is 33.0 Å². The fourth-order valence-electron chi connectivity index (χ4n) is 4.23. The molecule has 0 atom stereocenters. The summed E-state index contributed by atoms with van der Waals surface area (Å²) in [5.41, 5.74) is 0. The van der Waals surface area contributed by atoms with E-state index in [1.165, 1.54) is 31.8 Å². The van der Waals surface area contributed by atoms with Crippen molar-refractivity contribution in [2.75, 3.05) is 0 Å².